The monoisotopic (exact) mass is 325 g/mol. The van der Waals surface area contributed by atoms with E-state index in [1.54, 1.807) is 6.34 Å². The molecule has 4 rings (SSSR count). The molecule has 0 bridgehead atoms. The van der Waals surface area contributed by atoms with Gasteiger partial charge in [0.1, 0.15) is 18.5 Å². The Morgan fingerprint density at radius 1 is 0.640 bits per heavy atom. The van der Waals surface area contributed by atoms with Gasteiger partial charge >= 0.3 is 0 Å². The molecule has 0 amide bonds. The Labute approximate surface area is 148 Å². The third kappa shape index (κ3) is 2.64. The lowest BCUT2D eigenvalue weighted by Gasteiger charge is -2.44. The molecule has 0 N–H and O–H groups in total. The van der Waals surface area contributed by atoms with Gasteiger partial charge in [-0.25, -0.2) is 4.99 Å². The lowest BCUT2D eigenvalue weighted by Crippen LogP contribution is -2.48. The number of benzene rings is 3. The summed E-state index contributed by atoms with van der Waals surface area (Å²) in [6.07, 6.45) is 3.50. The Balaban J connectivity index is 2.05. The maximum absolute atomic E-state index is 4.40. The highest BCUT2D eigenvalue weighted by Crippen LogP contribution is 2.41. The molecule has 0 atom stereocenters. The van der Waals surface area contributed by atoms with Crippen LogP contribution in [-0.4, -0.2) is 24.2 Å². The van der Waals surface area contributed by atoms with E-state index in [0.29, 0.717) is 6.67 Å². The van der Waals surface area contributed by atoms with Crippen LogP contribution in [0.3, 0.4) is 0 Å². The molecule has 0 saturated heterocycles. The van der Waals surface area contributed by atoms with Gasteiger partial charge in [-0.15, -0.1) is 0 Å². The predicted molar refractivity (Wildman–Crippen MR) is 103 cm³/mol. The van der Waals surface area contributed by atoms with Crippen LogP contribution >= 0.6 is 0 Å². The molecule has 3 aromatic carbocycles. The summed E-state index contributed by atoms with van der Waals surface area (Å²) in [5.74, 6) is 0. The molecule has 0 aliphatic carbocycles. The zero-order chi connectivity index (χ0) is 17.0. The number of hydrogen-bond donors (Lipinski definition) is 0. The summed E-state index contributed by atoms with van der Waals surface area (Å²) >= 11 is 0. The van der Waals surface area contributed by atoms with Gasteiger partial charge in [0, 0.05) is 0 Å². The van der Waals surface area contributed by atoms with Crippen molar-refractivity contribution in [1.29, 1.82) is 0 Å². The van der Waals surface area contributed by atoms with Crippen molar-refractivity contribution >= 4 is 12.7 Å². The highest BCUT2D eigenvalue weighted by molar-refractivity contribution is 5.75. The first-order chi connectivity index (χ1) is 12.4. The second kappa shape index (κ2) is 6.73. The Morgan fingerprint density at radius 2 is 1.08 bits per heavy atom. The van der Waals surface area contributed by atoms with Crippen LogP contribution in [0, 0.1) is 0 Å². The molecule has 1 aliphatic rings. The van der Waals surface area contributed by atoms with E-state index in [0.717, 1.165) is 0 Å². The molecule has 0 saturated carbocycles. The average Bonchev–Trinajstić information content (AvgIpc) is 2.72. The lowest BCUT2D eigenvalue weighted by molar-refractivity contribution is 0.280. The number of nitrogens with zero attached hydrogens (tertiary/aromatic N) is 3. The van der Waals surface area contributed by atoms with Crippen LogP contribution in [0.5, 0.6) is 0 Å². The van der Waals surface area contributed by atoms with Crippen molar-refractivity contribution in [3.63, 3.8) is 0 Å². The molecular formula is C22H19N3. The van der Waals surface area contributed by atoms with Crippen LogP contribution in [-0.2, 0) is 5.54 Å². The SMILES string of the molecule is C1=NC=NCN1C(c1ccccc1)(c1ccccc1)c1ccccc1. The molecule has 122 valence electrons. The van der Waals surface area contributed by atoms with Crippen molar-refractivity contribution in [2.24, 2.45) is 9.98 Å². The van der Waals surface area contributed by atoms with Crippen LogP contribution in [0.4, 0.5) is 0 Å². The normalized spacial score (nSPS) is 13.8. The summed E-state index contributed by atoms with van der Waals surface area (Å²) in [6, 6.07) is 31.7. The van der Waals surface area contributed by atoms with Crippen LogP contribution in [0.25, 0.3) is 0 Å². The minimum Gasteiger partial charge on any atom is -0.325 e. The summed E-state index contributed by atoms with van der Waals surface area (Å²) in [5.41, 5.74) is 3.09. The van der Waals surface area contributed by atoms with Gasteiger partial charge in [0.05, 0.1) is 6.34 Å². The Morgan fingerprint density at radius 3 is 1.44 bits per heavy atom. The first-order valence-electron chi connectivity index (χ1n) is 8.37. The molecule has 0 aromatic heterocycles. The van der Waals surface area contributed by atoms with Gasteiger partial charge in [-0.2, -0.15) is 0 Å². The molecule has 3 aromatic rings. The fraction of sp³-hybridized carbons (Fsp3) is 0.0909. The fourth-order valence-corrected chi connectivity index (χ4v) is 3.55. The van der Waals surface area contributed by atoms with E-state index >= 15 is 0 Å². The molecule has 0 spiro atoms. The minimum atomic E-state index is -0.481. The Kier molecular flexibility index (Phi) is 4.13. The van der Waals surface area contributed by atoms with Gasteiger partial charge in [0.25, 0.3) is 0 Å². The second-order valence-electron chi connectivity index (χ2n) is 5.98. The molecule has 25 heavy (non-hydrogen) atoms. The van der Waals surface area contributed by atoms with Gasteiger partial charge in [0.15, 0.2) is 0 Å². The van der Waals surface area contributed by atoms with Crippen molar-refractivity contribution in [3.8, 4) is 0 Å². The van der Waals surface area contributed by atoms with E-state index < -0.39 is 5.54 Å². The van der Waals surface area contributed by atoms with E-state index in [-0.39, 0.29) is 0 Å². The molecule has 0 unspecified atom stereocenters. The third-order valence-corrected chi connectivity index (χ3v) is 4.59. The van der Waals surface area contributed by atoms with Gasteiger partial charge < -0.3 is 4.90 Å². The first-order valence-corrected chi connectivity index (χ1v) is 8.37. The number of aliphatic imine (C=N–C) groups is 2. The van der Waals surface area contributed by atoms with Gasteiger partial charge in [-0.1, -0.05) is 91.0 Å². The first kappa shape index (κ1) is 15.3. The van der Waals surface area contributed by atoms with Crippen LogP contribution in [0.2, 0.25) is 0 Å². The molecular weight excluding hydrogens is 306 g/mol. The maximum atomic E-state index is 4.40. The van der Waals surface area contributed by atoms with Crippen LogP contribution < -0.4 is 0 Å². The maximum Gasteiger partial charge on any atom is 0.119 e. The summed E-state index contributed by atoms with van der Waals surface area (Å²) < 4.78 is 0. The predicted octanol–water partition coefficient (Wildman–Crippen LogP) is 4.31. The zero-order valence-corrected chi connectivity index (χ0v) is 13.9. The molecule has 0 radical (unpaired) electrons. The molecule has 1 aliphatic heterocycles. The van der Waals surface area contributed by atoms with Crippen molar-refractivity contribution in [2.45, 2.75) is 5.54 Å². The van der Waals surface area contributed by atoms with E-state index in [2.05, 4.69) is 87.7 Å². The topological polar surface area (TPSA) is 28.0 Å². The Hall–Kier alpha value is -3.20. The standard InChI is InChI=1S/C22H19N3/c1-4-10-19(11-5-1)22(20-12-6-2-7-13-20,21-14-8-3-9-15-21)25-17-23-16-24-18-25/h1-17H,18H2. The summed E-state index contributed by atoms with van der Waals surface area (Å²) in [6.45, 7) is 0.558. The average molecular weight is 325 g/mol. The summed E-state index contributed by atoms with van der Waals surface area (Å²) in [4.78, 5) is 10.9. The van der Waals surface area contributed by atoms with Crippen LogP contribution in [0.1, 0.15) is 16.7 Å². The lowest BCUT2D eigenvalue weighted by atomic mass is 9.76. The zero-order valence-electron chi connectivity index (χ0n) is 13.9. The van der Waals surface area contributed by atoms with E-state index in [1.807, 2.05) is 24.5 Å². The van der Waals surface area contributed by atoms with Crippen molar-refractivity contribution in [1.82, 2.24) is 4.90 Å². The fourth-order valence-electron chi connectivity index (χ4n) is 3.55. The third-order valence-electron chi connectivity index (χ3n) is 4.59. The Bertz CT molecular complexity index is 774. The minimum absolute atomic E-state index is 0.481. The van der Waals surface area contributed by atoms with E-state index in [4.69, 9.17) is 0 Å². The molecule has 3 nitrogen and oxygen atoms in total. The van der Waals surface area contributed by atoms with Gasteiger partial charge in [0.2, 0.25) is 0 Å². The van der Waals surface area contributed by atoms with Crippen molar-refractivity contribution < 1.29 is 0 Å². The quantitative estimate of drug-likeness (QED) is 0.657. The number of rotatable bonds is 4. The molecule has 1 heterocycles. The smallest absolute Gasteiger partial charge is 0.119 e. The van der Waals surface area contributed by atoms with E-state index in [1.165, 1.54) is 16.7 Å². The molecule has 3 heteroatoms. The van der Waals surface area contributed by atoms with Crippen LogP contribution in [0.15, 0.2) is 101 Å². The van der Waals surface area contributed by atoms with Gasteiger partial charge in [-0.05, 0) is 16.7 Å². The molecule has 0 fully saturated rings. The van der Waals surface area contributed by atoms with E-state index in [9.17, 15) is 0 Å². The summed E-state index contributed by atoms with van der Waals surface area (Å²) in [7, 11) is 0. The highest BCUT2D eigenvalue weighted by atomic mass is 15.3. The van der Waals surface area contributed by atoms with Crippen molar-refractivity contribution in [3.05, 3.63) is 108 Å². The summed E-state index contributed by atoms with van der Waals surface area (Å²) in [5, 5.41) is 0. The number of hydrogen-bond acceptors (Lipinski definition) is 3. The van der Waals surface area contributed by atoms with Crippen molar-refractivity contribution in [2.75, 3.05) is 6.67 Å². The van der Waals surface area contributed by atoms with Gasteiger partial charge in [-0.3, -0.25) is 4.99 Å². The second-order valence-corrected chi connectivity index (χ2v) is 5.98. The largest absolute Gasteiger partial charge is 0.325 e. The highest BCUT2D eigenvalue weighted by Gasteiger charge is 2.41.